The smallest absolute Gasteiger partial charge is 0.408 e. The first-order valence-corrected chi connectivity index (χ1v) is 8.95. The second-order valence-electron chi connectivity index (χ2n) is 7.56. The summed E-state index contributed by atoms with van der Waals surface area (Å²) in [5.41, 5.74) is 3.66. The number of ether oxygens (including phenoxy) is 1. The minimum atomic E-state index is -1.01. The molecule has 9 nitrogen and oxygen atoms in total. The number of rotatable bonds is 3. The van der Waals surface area contributed by atoms with Crippen LogP contribution < -0.4 is 16.6 Å². The van der Waals surface area contributed by atoms with Gasteiger partial charge in [-0.15, -0.1) is 0 Å². The number of nitrogen functional groups attached to an aromatic ring is 1. The highest BCUT2D eigenvalue weighted by Gasteiger charge is 2.24. The van der Waals surface area contributed by atoms with Crippen LogP contribution in [0.1, 0.15) is 39.6 Å². The molecular weight excluding hydrogens is 398 g/mol. The molecule has 1 aromatic carbocycles. The van der Waals surface area contributed by atoms with Crippen molar-refractivity contribution in [3.8, 4) is 5.82 Å². The molecule has 0 aliphatic rings. The van der Waals surface area contributed by atoms with Gasteiger partial charge in [0.1, 0.15) is 28.6 Å². The van der Waals surface area contributed by atoms with Crippen LogP contribution in [0.25, 0.3) is 16.7 Å². The first-order valence-electron chi connectivity index (χ1n) is 8.95. The Kier molecular flexibility index (Phi) is 5.38. The van der Waals surface area contributed by atoms with Crippen LogP contribution in [0.3, 0.4) is 0 Å². The topological polar surface area (TPSA) is 125 Å². The maximum Gasteiger partial charge on any atom is 0.408 e. The zero-order chi connectivity index (χ0) is 22.2. The highest BCUT2D eigenvalue weighted by molar-refractivity contribution is 5.79. The van der Waals surface area contributed by atoms with Gasteiger partial charge in [0.15, 0.2) is 11.6 Å². The molecule has 0 radical (unpaired) electrons. The van der Waals surface area contributed by atoms with E-state index in [4.69, 9.17) is 10.5 Å². The summed E-state index contributed by atoms with van der Waals surface area (Å²) in [6, 6.07) is 0.600. The van der Waals surface area contributed by atoms with Crippen molar-refractivity contribution >= 4 is 22.8 Å². The number of nitrogens with one attached hydrogen (secondary N) is 1. The van der Waals surface area contributed by atoms with Gasteiger partial charge < -0.3 is 15.8 Å². The summed E-state index contributed by atoms with van der Waals surface area (Å²) in [6.45, 7) is 6.60. The van der Waals surface area contributed by atoms with Gasteiger partial charge >= 0.3 is 6.09 Å². The number of anilines is 1. The van der Waals surface area contributed by atoms with Gasteiger partial charge in [-0.1, -0.05) is 0 Å². The predicted molar refractivity (Wildman–Crippen MR) is 105 cm³/mol. The van der Waals surface area contributed by atoms with Crippen LogP contribution in [0.15, 0.2) is 29.3 Å². The fraction of sp³-hybridized carbons (Fsp3) is 0.316. The van der Waals surface area contributed by atoms with Crippen LogP contribution in [0.2, 0.25) is 0 Å². The third-order valence-electron chi connectivity index (χ3n) is 3.92. The number of amides is 1. The number of benzene rings is 1. The maximum atomic E-state index is 14.3. The Bertz CT molecular complexity index is 1170. The van der Waals surface area contributed by atoms with Crippen molar-refractivity contribution in [3.63, 3.8) is 0 Å². The standard InChI is InChI=1S/C19H20F2N6O3/c1-9(25-18(29)30-19(2,3)4)16-26-15-11(5-10(20)6-12(15)21)17(28)27(16)14-8-23-13(22)7-24-14/h5-9H,1-4H3,(H2,22,23)(H,25,29)/t9-/m0/s1. The molecule has 3 N–H and O–H groups in total. The summed E-state index contributed by atoms with van der Waals surface area (Å²) in [5, 5.41) is 2.25. The summed E-state index contributed by atoms with van der Waals surface area (Å²) in [5.74, 6) is -1.87. The molecule has 11 heteroatoms. The average Bonchev–Trinajstić information content (AvgIpc) is 2.61. The molecule has 0 saturated carbocycles. The molecule has 0 saturated heterocycles. The van der Waals surface area contributed by atoms with Gasteiger partial charge in [0, 0.05) is 6.07 Å². The fourth-order valence-electron chi connectivity index (χ4n) is 2.74. The Morgan fingerprint density at radius 3 is 2.53 bits per heavy atom. The molecule has 0 bridgehead atoms. The number of alkyl carbamates (subject to hydrolysis) is 1. The minimum absolute atomic E-state index is 0.0149. The number of nitrogens with two attached hydrogens (primary N) is 1. The van der Waals surface area contributed by atoms with E-state index < -0.39 is 34.9 Å². The second-order valence-corrected chi connectivity index (χ2v) is 7.56. The lowest BCUT2D eigenvalue weighted by Crippen LogP contribution is -2.37. The molecule has 0 aliphatic heterocycles. The normalized spacial score (nSPS) is 12.6. The summed E-state index contributed by atoms with van der Waals surface area (Å²) in [6.07, 6.45) is 1.66. The van der Waals surface area contributed by atoms with E-state index in [2.05, 4.69) is 20.3 Å². The summed E-state index contributed by atoms with van der Waals surface area (Å²) < 4.78 is 34.3. The van der Waals surface area contributed by atoms with Gasteiger partial charge in [0.25, 0.3) is 5.56 Å². The first kappa shape index (κ1) is 21.1. The van der Waals surface area contributed by atoms with Crippen LogP contribution in [-0.4, -0.2) is 31.2 Å². The zero-order valence-corrected chi connectivity index (χ0v) is 16.7. The van der Waals surface area contributed by atoms with Crippen LogP contribution >= 0.6 is 0 Å². The highest BCUT2D eigenvalue weighted by atomic mass is 19.1. The Morgan fingerprint density at radius 1 is 1.23 bits per heavy atom. The van der Waals surface area contributed by atoms with Gasteiger partial charge in [-0.2, -0.15) is 0 Å². The van der Waals surface area contributed by atoms with Gasteiger partial charge in [-0.3, -0.25) is 4.79 Å². The molecule has 1 atom stereocenters. The SMILES string of the molecule is C[C@H](NC(=O)OC(C)(C)C)c1nc2c(F)cc(F)cc2c(=O)n1-c1cnc(N)cn1. The third-order valence-corrected chi connectivity index (χ3v) is 3.92. The molecule has 1 amide bonds. The van der Waals surface area contributed by atoms with Crippen molar-refractivity contribution in [1.29, 1.82) is 0 Å². The van der Waals surface area contributed by atoms with Crippen molar-refractivity contribution in [1.82, 2.24) is 24.8 Å². The van der Waals surface area contributed by atoms with Gasteiger partial charge in [0.05, 0.1) is 23.8 Å². The molecule has 30 heavy (non-hydrogen) atoms. The molecule has 0 spiro atoms. The molecule has 158 valence electrons. The van der Waals surface area contributed by atoms with Crippen molar-refractivity contribution < 1.29 is 18.3 Å². The lowest BCUT2D eigenvalue weighted by molar-refractivity contribution is 0.0505. The molecule has 3 aromatic rings. The lowest BCUT2D eigenvalue weighted by Gasteiger charge is -2.23. The number of nitrogens with zero attached hydrogens (tertiary/aromatic N) is 4. The maximum absolute atomic E-state index is 14.3. The second kappa shape index (κ2) is 7.65. The number of hydrogen-bond donors (Lipinski definition) is 2. The Hall–Kier alpha value is -3.63. The van der Waals surface area contributed by atoms with E-state index in [0.29, 0.717) is 6.07 Å². The van der Waals surface area contributed by atoms with E-state index in [1.54, 1.807) is 20.8 Å². The largest absolute Gasteiger partial charge is 0.444 e. The van der Waals surface area contributed by atoms with E-state index in [-0.39, 0.29) is 28.4 Å². The van der Waals surface area contributed by atoms with E-state index in [1.807, 2.05) is 0 Å². The van der Waals surface area contributed by atoms with Crippen LogP contribution in [0, 0.1) is 11.6 Å². The third kappa shape index (κ3) is 4.34. The number of carbonyl (C=O) groups is 1. The Labute approximate surface area is 169 Å². The fourth-order valence-corrected chi connectivity index (χ4v) is 2.74. The molecule has 2 aromatic heterocycles. The molecule has 0 aliphatic carbocycles. The van der Waals surface area contributed by atoms with Crippen molar-refractivity contribution in [3.05, 3.63) is 52.3 Å². The number of halogens is 2. The summed E-state index contributed by atoms with van der Waals surface area (Å²) >= 11 is 0. The molecule has 0 unspecified atom stereocenters. The Morgan fingerprint density at radius 2 is 1.93 bits per heavy atom. The van der Waals surface area contributed by atoms with Crippen LogP contribution in [-0.2, 0) is 4.74 Å². The number of aromatic nitrogens is 4. The van der Waals surface area contributed by atoms with E-state index in [9.17, 15) is 18.4 Å². The number of fused-ring (bicyclic) bond motifs is 1. The van der Waals surface area contributed by atoms with Gasteiger partial charge in [-0.05, 0) is 33.8 Å². The van der Waals surface area contributed by atoms with Crippen molar-refractivity contribution in [2.24, 2.45) is 0 Å². The quantitative estimate of drug-likeness (QED) is 0.670. The highest BCUT2D eigenvalue weighted by Crippen LogP contribution is 2.20. The van der Waals surface area contributed by atoms with Crippen molar-refractivity contribution in [2.45, 2.75) is 39.3 Å². The lowest BCUT2D eigenvalue weighted by atomic mass is 10.2. The molecule has 2 heterocycles. The minimum Gasteiger partial charge on any atom is -0.444 e. The zero-order valence-electron chi connectivity index (χ0n) is 16.7. The van der Waals surface area contributed by atoms with Crippen LogP contribution in [0.5, 0.6) is 0 Å². The number of hydrogen-bond acceptors (Lipinski definition) is 7. The monoisotopic (exact) mass is 418 g/mol. The van der Waals surface area contributed by atoms with E-state index in [0.717, 1.165) is 10.6 Å². The predicted octanol–water partition coefficient (Wildman–Crippen LogP) is 2.62. The van der Waals surface area contributed by atoms with Gasteiger partial charge in [-0.25, -0.2) is 33.1 Å². The number of carbonyl (C=O) groups excluding carboxylic acids is 1. The molecule has 3 rings (SSSR count). The Balaban J connectivity index is 2.20. The summed E-state index contributed by atoms with van der Waals surface area (Å²) in [4.78, 5) is 37.4. The van der Waals surface area contributed by atoms with Crippen molar-refractivity contribution in [2.75, 3.05) is 5.73 Å². The van der Waals surface area contributed by atoms with Crippen LogP contribution in [0.4, 0.5) is 19.4 Å². The molecular formula is C19H20F2N6O3. The molecule has 0 fully saturated rings. The van der Waals surface area contributed by atoms with E-state index >= 15 is 0 Å². The van der Waals surface area contributed by atoms with E-state index in [1.165, 1.54) is 19.3 Å². The first-order chi connectivity index (χ1) is 14.0. The van der Waals surface area contributed by atoms with Gasteiger partial charge in [0.2, 0.25) is 0 Å². The average molecular weight is 418 g/mol. The summed E-state index contributed by atoms with van der Waals surface area (Å²) in [7, 11) is 0.